The van der Waals surface area contributed by atoms with Gasteiger partial charge in [0.05, 0.1) is 23.3 Å². The zero-order valence-corrected chi connectivity index (χ0v) is 15.8. The fraction of sp³-hybridized carbons (Fsp3) is 0.364. The summed E-state index contributed by atoms with van der Waals surface area (Å²) in [5, 5.41) is 1.78. The third-order valence-corrected chi connectivity index (χ3v) is 5.22. The SMILES string of the molecule is Cc1cccc(N2C(=O)[C@H]3[C@H](ON(c4ccccc4)[C@@H]3CC(C)C)C2=O)c1. The van der Waals surface area contributed by atoms with Gasteiger partial charge in [-0.3, -0.25) is 14.4 Å². The lowest BCUT2D eigenvalue weighted by Gasteiger charge is -2.29. The standard InChI is InChI=1S/C22H24N2O3/c1-14(2)12-18-19-20(27-24(18)16-9-5-4-6-10-16)22(26)23(21(19)25)17-11-7-8-15(3)13-17/h4-11,13-14,18-20H,12H2,1-3H3/t18-,19-,20+/m1/s1. The largest absolute Gasteiger partial charge is 0.273 e. The van der Waals surface area contributed by atoms with Crippen LogP contribution in [0.4, 0.5) is 11.4 Å². The first-order chi connectivity index (χ1) is 13.0. The number of para-hydroxylation sites is 1. The molecule has 0 unspecified atom stereocenters. The molecule has 2 aromatic carbocycles. The van der Waals surface area contributed by atoms with Crippen LogP contribution in [-0.4, -0.2) is 24.0 Å². The summed E-state index contributed by atoms with van der Waals surface area (Å²) in [6.07, 6.45) is 0.0125. The van der Waals surface area contributed by atoms with Crippen molar-refractivity contribution < 1.29 is 14.4 Å². The molecule has 5 nitrogen and oxygen atoms in total. The fourth-order valence-corrected chi connectivity index (χ4v) is 4.07. The van der Waals surface area contributed by atoms with Crippen molar-refractivity contribution in [2.75, 3.05) is 9.96 Å². The van der Waals surface area contributed by atoms with E-state index in [2.05, 4.69) is 13.8 Å². The average molecular weight is 364 g/mol. The molecule has 0 radical (unpaired) electrons. The Balaban J connectivity index is 1.70. The summed E-state index contributed by atoms with van der Waals surface area (Å²) in [6.45, 7) is 6.19. The molecule has 5 heteroatoms. The molecule has 2 aliphatic rings. The third kappa shape index (κ3) is 3.02. The van der Waals surface area contributed by atoms with Gasteiger partial charge in [0.2, 0.25) is 5.91 Å². The van der Waals surface area contributed by atoms with Gasteiger partial charge in [-0.25, -0.2) is 9.96 Å². The van der Waals surface area contributed by atoms with Crippen LogP contribution in [0.5, 0.6) is 0 Å². The first-order valence-corrected chi connectivity index (χ1v) is 9.43. The molecule has 0 bridgehead atoms. The van der Waals surface area contributed by atoms with Crippen molar-refractivity contribution in [1.29, 1.82) is 0 Å². The molecule has 27 heavy (non-hydrogen) atoms. The Bertz CT molecular complexity index is 865. The third-order valence-electron chi connectivity index (χ3n) is 5.22. The minimum absolute atomic E-state index is 0.163. The van der Waals surface area contributed by atoms with E-state index in [1.54, 1.807) is 11.1 Å². The van der Waals surface area contributed by atoms with Crippen molar-refractivity contribution in [2.45, 2.75) is 39.3 Å². The number of hydrogen-bond acceptors (Lipinski definition) is 4. The summed E-state index contributed by atoms with van der Waals surface area (Å²) in [4.78, 5) is 33.7. The van der Waals surface area contributed by atoms with Crippen LogP contribution in [-0.2, 0) is 14.4 Å². The smallest absolute Gasteiger partial charge is 0.266 e. The second-order valence-electron chi connectivity index (χ2n) is 7.76. The Kier molecular flexibility index (Phi) is 4.48. The number of nitrogens with zero attached hydrogens (tertiary/aromatic N) is 2. The topological polar surface area (TPSA) is 49.9 Å². The van der Waals surface area contributed by atoms with Crippen molar-refractivity contribution in [3.8, 4) is 0 Å². The predicted molar refractivity (Wildman–Crippen MR) is 104 cm³/mol. The highest BCUT2D eigenvalue weighted by Crippen LogP contribution is 2.42. The molecule has 0 N–H and O–H groups in total. The summed E-state index contributed by atoms with van der Waals surface area (Å²) in [5.41, 5.74) is 2.51. The number of imide groups is 1. The molecular weight excluding hydrogens is 340 g/mol. The molecule has 140 valence electrons. The van der Waals surface area contributed by atoms with Crippen LogP contribution < -0.4 is 9.96 Å². The van der Waals surface area contributed by atoms with Crippen molar-refractivity contribution >= 4 is 23.2 Å². The number of anilines is 2. The molecule has 0 aliphatic carbocycles. The second kappa shape index (κ2) is 6.82. The molecule has 2 aliphatic heterocycles. The number of carbonyl (C=O) groups is 2. The van der Waals surface area contributed by atoms with E-state index in [-0.39, 0.29) is 17.9 Å². The quantitative estimate of drug-likeness (QED) is 0.776. The highest BCUT2D eigenvalue weighted by Gasteiger charge is 2.59. The van der Waals surface area contributed by atoms with Crippen molar-refractivity contribution in [2.24, 2.45) is 11.8 Å². The Hall–Kier alpha value is -2.66. The number of carbonyl (C=O) groups excluding carboxylic acids is 2. The van der Waals surface area contributed by atoms with Gasteiger partial charge in [0, 0.05) is 0 Å². The van der Waals surface area contributed by atoms with Gasteiger partial charge >= 0.3 is 0 Å². The number of hydrogen-bond donors (Lipinski definition) is 0. The second-order valence-corrected chi connectivity index (χ2v) is 7.76. The lowest BCUT2D eigenvalue weighted by Crippen LogP contribution is -2.41. The summed E-state index contributed by atoms with van der Waals surface area (Å²) in [7, 11) is 0. The lowest BCUT2D eigenvalue weighted by molar-refractivity contribution is -0.126. The van der Waals surface area contributed by atoms with E-state index in [1.165, 1.54) is 4.90 Å². The summed E-state index contributed by atoms with van der Waals surface area (Å²) in [6, 6.07) is 17.0. The molecular formula is C22H24N2O3. The van der Waals surface area contributed by atoms with Gasteiger partial charge in [0.1, 0.15) is 0 Å². The van der Waals surface area contributed by atoms with E-state index in [9.17, 15) is 9.59 Å². The van der Waals surface area contributed by atoms with Gasteiger partial charge in [0.15, 0.2) is 6.10 Å². The van der Waals surface area contributed by atoms with Gasteiger partial charge in [-0.05, 0) is 49.1 Å². The molecule has 0 saturated carbocycles. The summed E-state index contributed by atoms with van der Waals surface area (Å²) in [5.74, 6) is -0.553. The average Bonchev–Trinajstić information content (AvgIpc) is 3.12. The van der Waals surface area contributed by atoms with Crippen LogP contribution in [0, 0.1) is 18.8 Å². The Morgan fingerprint density at radius 1 is 0.963 bits per heavy atom. The van der Waals surface area contributed by atoms with E-state index in [0.717, 1.165) is 17.7 Å². The Morgan fingerprint density at radius 2 is 1.67 bits per heavy atom. The first-order valence-electron chi connectivity index (χ1n) is 9.43. The zero-order chi connectivity index (χ0) is 19.1. The Morgan fingerprint density at radius 3 is 2.33 bits per heavy atom. The van der Waals surface area contributed by atoms with Gasteiger partial charge in [-0.2, -0.15) is 0 Å². The van der Waals surface area contributed by atoms with Crippen LogP contribution in [0.15, 0.2) is 54.6 Å². The van der Waals surface area contributed by atoms with Crippen molar-refractivity contribution in [3.05, 3.63) is 60.2 Å². The number of fused-ring (bicyclic) bond motifs is 1. The minimum Gasteiger partial charge on any atom is -0.273 e. The summed E-state index contributed by atoms with van der Waals surface area (Å²) < 4.78 is 0. The first kappa shape index (κ1) is 17.7. The number of hydroxylamine groups is 1. The number of aryl methyl sites for hydroxylation is 1. The zero-order valence-electron chi connectivity index (χ0n) is 15.8. The maximum absolute atomic E-state index is 13.3. The number of amides is 2. The highest BCUT2D eigenvalue weighted by molar-refractivity contribution is 6.23. The van der Waals surface area contributed by atoms with E-state index in [4.69, 9.17) is 4.84 Å². The molecule has 3 atom stereocenters. The molecule has 2 fully saturated rings. The van der Waals surface area contributed by atoms with Gasteiger partial charge in [0.25, 0.3) is 5.91 Å². The van der Waals surface area contributed by atoms with Crippen molar-refractivity contribution in [1.82, 2.24) is 0 Å². The lowest BCUT2D eigenvalue weighted by atomic mass is 9.90. The van der Waals surface area contributed by atoms with Gasteiger partial charge in [-0.15, -0.1) is 0 Å². The van der Waals surface area contributed by atoms with Gasteiger partial charge < -0.3 is 0 Å². The van der Waals surface area contributed by atoms with Crippen LogP contribution in [0.2, 0.25) is 0 Å². The minimum atomic E-state index is -0.762. The molecule has 2 saturated heterocycles. The van der Waals surface area contributed by atoms with E-state index >= 15 is 0 Å². The molecule has 2 amide bonds. The van der Waals surface area contributed by atoms with Crippen LogP contribution in [0.1, 0.15) is 25.8 Å². The van der Waals surface area contributed by atoms with Crippen molar-refractivity contribution in [3.63, 3.8) is 0 Å². The van der Waals surface area contributed by atoms with Crippen LogP contribution in [0.3, 0.4) is 0 Å². The van der Waals surface area contributed by atoms with Crippen LogP contribution in [0.25, 0.3) is 0 Å². The molecule has 4 rings (SSSR count). The highest BCUT2D eigenvalue weighted by atomic mass is 16.7. The molecule has 0 aromatic heterocycles. The predicted octanol–water partition coefficient (Wildman–Crippen LogP) is 3.72. The Labute approximate surface area is 159 Å². The van der Waals surface area contributed by atoms with Gasteiger partial charge in [-0.1, -0.05) is 44.2 Å². The number of rotatable bonds is 4. The van der Waals surface area contributed by atoms with E-state index in [1.807, 2.05) is 55.5 Å². The monoisotopic (exact) mass is 364 g/mol. The molecule has 0 spiro atoms. The molecule has 2 heterocycles. The summed E-state index contributed by atoms with van der Waals surface area (Å²) >= 11 is 0. The van der Waals surface area contributed by atoms with Crippen LogP contribution >= 0.6 is 0 Å². The normalized spacial score (nSPS) is 24.8. The van der Waals surface area contributed by atoms with E-state index in [0.29, 0.717) is 11.6 Å². The molecule has 2 aromatic rings. The maximum Gasteiger partial charge on any atom is 0.266 e. The van der Waals surface area contributed by atoms with E-state index < -0.39 is 12.0 Å². The fourth-order valence-electron chi connectivity index (χ4n) is 4.07. The number of benzene rings is 2. The maximum atomic E-state index is 13.3.